The van der Waals surface area contributed by atoms with E-state index in [4.69, 9.17) is 9.72 Å². The second-order valence-electron chi connectivity index (χ2n) is 8.91. The van der Waals surface area contributed by atoms with Gasteiger partial charge >= 0.3 is 6.18 Å². The quantitative estimate of drug-likeness (QED) is 0.606. The van der Waals surface area contributed by atoms with Crippen molar-refractivity contribution in [3.8, 4) is 0 Å². The van der Waals surface area contributed by atoms with Gasteiger partial charge in [-0.25, -0.2) is 24.6 Å². The predicted octanol–water partition coefficient (Wildman–Crippen LogP) is 2.23. The average molecular weight is 446 g/mol. The molecule has 6 rings (SSSR count). The molecule has 0 atom stereocenters. The van der Waals surface area contributed by atoms with Gasteiger partial charge in [0.15, 0.2) is 5.65 Å². The first-order valence-electron chi connectivity index (χ1n) is 10.5. The van der Waals surface area contributed by atoms with Crippen LogP contribution >= 0.6 is 0 Å². The minimum atomic E-state index is -4.53. The molecule has 3 saturated heterocycles. The summed E-state index contributed by atoms with van der Waals surface area (Å²) in [5.74, 6) is -0.285. The maximum absolute atomic E-state index is 12.7. The van der Waals surface area contributed by atoms with E-state index >= 15 is 0 Å². The van der Waals surface area contributed by atoms with Crippen molar-refractivity contribution in [3.05, 3.63) is 30.1 Å². The summed E-state index contributed by atoms with van der Waals surface area (Å²) in [6, 6.07) is 0.201. The number of halogens is 3. The van der Waals surface area contributed by atoms with Gasteiger partial charge in [0, 0.05) is 31.6 Å². The zero-order valence-corrected chi connectivity index (χ0v) is 17.4. The number of nitrogens with zero attached hydrogens (tertiary/aromatic N) is 8. The molecule has 3 aliphatic rings. The number of aromatic nitrogens is 6. The summed E-state index contributed by atoms with van der Waals surface area (Å²) >= 11 is 0. The van der Waals surface area contributed by atoms with E-state index in [1.54, 1.807) is 6.20 Å². The highest BCUT2D eigenvalue weighted by molar-refractivity contribution is 5.75. The van der Waals surface area contributed by atoms with E-state index in [9.17, 15) is 13.2 Å². The largest absolute Gasteiger partial charge is 0.451 e. The van der Waals surface area contributed by atoms with Crippen molar-refractivity contribution in [2.24, 2.45) is 5.41 Å². The standard InChI is InChI=1S/C20H21F3N8O/c1-12-16-17(31(28-12)14-7-32-8-14)27-15(6-24-16)29-3-2-19(9-29)10-30(11-19)13-4-25-18(26-5-13)20(21,22)23/h4-6,14H,2-3,7-11H2,1H3. The van der Waals surface area contributed by atoms with E-state index in [2.05, 4.69) is 25.0 Å². The summed E-state index contributed by atoms with van der Waals surface area (Å²) in [5.41, 5.74) is 3.15. The third-order valence-electron chi connectivity index (χ3n) is 6.60. The third kappa shape index (κ3) is 3.07. The number of rotatable bonds is 3. The number of ether oxygens (including phenoxy) is 1. The topological polar surface area (TPSA) is 85.1 Å². The zero-order valence-electron chi connectivity index (χ0n) is 17.4. The Labute approximate surface area is 181 Å². The van der Waals surface area contributed by atoms with E-state index < -0.39 is 12.0 Å². The molecule has 3 aliphatic heterocycles. The molecule has 3 aromatic rings. The molecule has 0 amide bonds. The highest BCUT2D eigenvalue weighted by Crippen LogP contribution is 2.43. The SMILES string of the molecule is Cc1nn(C2COC2)c2nc(N3CCC4(CN(c5cnc(C(F)(F)F)nc5)C4)C3)cnc12. The normalized spacial score (nSPS) is 20.8. The Morgan fingerprint density at radius 2 is 1.75 bits per heavy atom. The highest BCUT2D eigenvalue weighted by Gasteiger charge is 2.48. The second-order valence-corrected chi connectivity index (χ2v) is 8.91. The molecule has 3 aromatic heterocycles. The van der Waals surface area contributed by atoms with Crippen molar-refractivity contribution in [2.45, 2.75) is 25.6 Å². The fraction of sp³-hybridized carbons (Fsp3) is 0.550. The molecule has 0 radical (unpaired) electrons. The van der Waals surface area contributed by atoms with Crippen LogP contribution in [0.3, 0.4) is 0 Å². The Bertz CT molecular complexity index is 1170. The summed E-state index contributed by atoms with van der Waals surface area (Å²) in [7, 11) is 0. The summed E-state index contributed by atoms with van der Waals surface area (Å²) < 4.78 is 45.3. The molecule has 0 unspecified atom stereocenters. The number of hydrogen-bond acceptors (Lipinski definition) is 8. The Morgan fingerprint density at radius 3 is 2.41 bits per heavy atom. The Balaban J connectivity index is 1.17. The second kappa shape index (κ2) is 6.74. The first kappa shape index (κ1) is 19.6. The number of fused-ring (bicyclic) bond motifs is 1. The van der Waals surface area contributed by atoms with E-state index in [-0.39, 0.29) is 11.5 Å². The van der Waals surface area contributed by atoms with Gasteiger partial charge in [-0.3, -0.25) is 0 Å². The molecule has 0 N–H and O–H groups in total. The molecular weight excluding hydrogens is 425 g/mol. The lowest BCUT2D eigenvalue weighted by atomic mass is 9.79. The van der Waals surface area contributed by atoms with Gasteiger partial charge in [0.1, 0.15) is 17.4 Å². The Kier molecular flexibility index (Phi) is 4.14. The fourth-order valence-corrected chi connectivity index (χ4v) is 4.78. The van der Waals surface area contributed by atoms with Crippen LogP contribution in [0.5, 0.6) is 0 Å². The maximum atomic E-state index is 12.7. The van der Waals surface area contributed by atoms with Crippen LogP contribution in [0, 0.1) is 12.3 Å². The number of anilines is 2. The van der Waals surface area contributed by atoms with Crippen molar-refractivity contribution in [3.63, 3.8) is 0 Å². The van der Waals surface area contributed by atoms with Crippen LogP contribution in [0.15, 0.2) is 18.6 Å². The molecule has 0 saturated carbocycles. The van der Waals surface area contributed by atoms with Crippen LogP contribution < -0.4 is 9.80 Å². The maximum Gasteiger partial charge on any atom is 0.451 e. The van der Waals surface area contributed by atoms with E-state index in [1.165, 1.54) is 12.4 Å². The van der Waals surface area contributed by atoms with E-state index in [0.717, 1.165) is 55.3 Å². The van der Waals surface area contributed by atoms with Crippen LogP contribution in [0.4, 0.5) is 24.7 Å². The number of alkyl halides is 3. The van der Waals surface area contributed by atoms with Crippen molar-refractivity contribution < 1.29 is 17.9 Å². The van der Waals surface area contributed by atoms with Gasteiger partial charge in [0.25, 0.3) is 0 Å². The molecule has 1 spiro atoms. The molecule has 12 heteroatoms. The van der Waals surface area contributed by atoms with Crippen molar-refractivity contribution in [2.75, 3.05) is 49.2 Å². The molecule has 168 valence electrons. The van der Waals surface area contributed by atoms with Crippen LogP contribution in [-0.2, 0) is 10.9 Å². The summed E-state index contributed by atoms with van der Waals surface area (Å²) in [5, 5.41) is 4.60. The van der Waals surface area contributed by atoms with Crippen LogP contribution in [0.25, 0.3) is 11.2 Å². The summed E-state index contributed by atoms with van der Waals surface area (Å²) in [6.45, 7) is 6.40. The molecule has 3 fully saturated rings. The number of hydrogen-bond donors (Lipinski definition) is 0. The van der Waals surface area contributed by atoms with E-state index in [0.29, 0.717) is 18.9 Å². The lowest BCUT2D eigenvalue weighted by Crippen LogP contribution is -2.57. The smallest absolute Gasteiger partial charge is 0.377 e. The molecule has 0 bridgehead atoms. The van der Waals surface area contributed by atoms with Gasteiger partial charge in [-0.1, -0.05) is 0 Å². The summed E-state index contributed by atoms with van der Waals surface area (Å²) in [6.07, 6.45) is 0.768. The van der Waals surface area contributed by atoms with Crippen LogP contribution in [0.1, 0.15) is 24.0 Å². The Morgan fingerprint density at radius 1 is 1.03 bits per heavy atom. The van der Waals surface area contributed by atoms with Gasteiger partial charge in [-0.2, -0.15) is 18.3 Å². The van der Waals surface area contributed by atoms with E-state index in [1.807, 2.05) is 16.5 Å². The molecule has 0 aliphatic carbocycles. The van der Waals surface area contributed by atoms with Crippen molar-refractivity contribution in [1.29, 1.82) is 0 Å². The van der Waals surface area contributed by atoms with Crippen molar-refractivity contribution >= 4 is 22.7 Å². The lowest BCUT2D eigenvalue weighted by molar-refractivity contribution is -0.145. The van der Waals surface area contributed by atoms with Gasteiger partial charge in [0.05, 0.1) is 43.2 Å². The zero-order chi connectivity index (χ0) is 22.1. The minimum absolute atomic E-state index is 0.0807. The lowest BCUT2D eigenvalue weighted by Gasteiger charge is -2.49. The highest BCUT2D eigenvalue weighted by atomic mass is 19.4. The minimum Gasteiger partial charge on any atom is -0.377 e. The van der Waals surface area contributed by atoms with Gasteiger partial charge in [-0.15, -0.1) is 0 Å². The number of aryl methyl sites for hydroxylation is 1. The molecule has 9 nitrogen and oxygen atoms in total. The fourth-order valence-electron chi connectivity index (χ4n) is 4.78. The van der Waals surface area contributed by atoms with Crippen LogP contribution in [0.2, 0.25) is 0 Å². The summed E-state index contributed by atoms with van der Waals surface area (Å²) in [4.78, 5) is 20.7. The molecule has 32 heavy (non-hydrogen) atoms. The van der Waals surface area contributed by atoms with Gasteiger partial charge in [0.2, 0.25) is 5.82 Å². The third-order valence-corrected chi connectivity index (χ3v) is 6.60. The van der Waals surface area contributed by atoms with Crippen molar-refractivity contribution in [1.82, 2.24) is 29.7 Å². The average Bonchev–Trinajstić information content (AvgIpc) is 3.28. The monoisotopic (exact) mass is 446 g/mol. The molecular formula is C20H21F3N8O. The molecule has 0 aromatic carbocycles. The Hall–Kier alpha value is -3.02. The predicted molar refractivity (Wildman–Crippen MR) is 108 cm³/mol. The van der Waals surface area contributed by atoms with Gasteiger partial charge < -0.3 is 14.5 Å². The first-order chi connectivity index (χ1) is 15.3. The van der Waals surface area contributed by atoms with Crippen LogP contribution in [-0.4, -0.2) is 69.1 Å². The van der Waals surface area contributed by atoms with Gasteiger partial charge in [-0.05, 0) is 13.3 Å². The molecule has 6 heterocycles. The first-order valence-corrected chi connectivity index (χ1v) is 10.5.